The Hall–Kier alpha value is -4.23. The molecule has 0 unspecified atom stereocenters. The molecular weight excluding hydrogens is 457 g/mol. The Balaban J connectivity index is 1.35. The molecule has 0 saturated heterocycles. The lowest BCUT2D eigenvalue weighted by atomic mass is 10.1. The SMILES string of the molecule is O=C(Cn1c2ccccc2c(=O)c2ccccc21)N/N=C/c1ccc(-c2ccc(F)c(Cl)c2)o1. The number of hydrogen-bond donors (Lipinski definition) is 1. The highest BCUT2D eigenvalue weighted by Gasteiger charge is 2.12. The predicted octanol–water partition coefficient (Wildman–Crippen LogP) is 5.36. The van der Waals surface area contributed by atoms with Gasteiger partial charge in [-0.25, -0.2) is 9.82 Å². The second kappa shape index (κ2) is 8.96. The smallest absolute Gasteiger partial charge is 0.260 e. The average Bonchev–Trinajstić information content (AvgIpc) is 3.32. The van der Waals surface area contributed by atoms with Crippen molar-refractivity contribution in [3.05, 3.63) is 106 Å². The van der Waals surface area contributed by atoms with Gasteiger partial charge in [-0.2, -0.15) is 5.10 Å². The summed E-state index contributed by atoms with van der Waals surface area (Å²) in [6.07, 6.45) is 1.37. The molecule has 2 heterocycles. The van der Waals surface area contributed by atoms with Crippen LogP contribution in [-0.4, -0.2) is 16.7 Å². The number of nitrogens with one attached hydrogen (secondary N) is 1. The number of fused-ring (bicyclic) bond motifs is 2. The molecule has 0 fully saturated rings. The van der Waals surface area contributed by atoms with E-state index in [0.717, 1.165) is 0 Å². The molecule has 0 atom stereocenters. The van der Waals surface area contributed by atoms with Crippen LogP contribution in [0, 0.1) is 5.82 Å². The standard InChI is InChI=1S/C26H17ClFN3O3/c27-20-13-16(9-11-21(20)28)24-12-10-17(34-24)14-29-30-25(32)15-31-22-7-3-1-5-18(22)26(33)19-6-2-4-8-23(19)31/h1-14H,15H2,(H,30,32)/b29-14+. The molecule has 8 heteroatoms. The molecular formula is C26H17ClFN3O3. The van der Waals surface area contributed by atoms with Crippen LogP contribution in [0.3, 0.4) is 0 Å². The third kappa shape index (κ3) is 4.09. The van der Waals surface area contributed by atoms with Gasteiger partial charge in [0.15, 0.2) is 5.43 Å². The van der Waals surface area contributed by atoms with Gasteiger partial charge in [-0.3, -0.25) is 9.59 Å². The van der Waals surface area contributed by atoms with Crippen LogP contribution in [0.2, 0.25) is 5.02 Å². The monoisotopic (exact) mass is 473 g/mol. The third-order valence-corrected chi connectivity index (χ3v) is 5.68. The van der Waals surface area contributed by atoms with Crippen LogP contribution in [0.15, 0.2) is 93.2 Å². The Labute approximate surface area is 197 Å². The zero-order valence-corrected chi connectivity index (χ0v) is 18.4. The highest BCUT2D eigenvalue weighted by atomic mass is 35.5. The summed E-state index contributed by atoms with van der Waals surface area (Å²) in [5.74, 6) is 0.00738. The van der Waals surface area contributed by atoms with Gasteiger partial charge in [-0.15, -0.1) is 0 Å². The number of benzene rings is 3. The molecule has 0 aliphatic carbocycles. The van der Waals surface area contributed by atoms with E-state index in [1.807, 2.05) is 24.3 Å². The molecule has 0 saturated carbocycles. The summed E-state index contributed by atoms with van der Waals surface area (Å²) in [5.41, 5.74) is 4.37. The first-order chi connectivity index (χ1) is 16.5. The van der Waals surface area contributed by atoms with E-state index in [0.29, 0.717) is 38.9 Å². The number of furan rings is 1. The van der Waals surface area contributed by atoms with E-state index in [-0.39, 0.29) is 22.9 Å². The summed E-state index contributed by atoms with van der Waals surface area (Å²) in [6, 6.07) is 22.0. The fourth-order valence-electron chi connectivity index (χ4n) is 3.82. The van der Waals surface area contributed by atoms with Crippen molar-refractivity contribution in [2.24, 2.45) is 5.10 Å². The van der Waals surface area contributed by atoms with Gasteiger partial charge in [-0.05, 0) is 54.6 Å². The molecule has 6 nitrogen and oxygen atoms in total. The van der Waals surface area contributed by atoms with Crippen LogP contribution >= 0.6 is 11.6 Å². The Morgan fingerprint density at radius 3 is 2.35 bits per heavy atom. The lowest BCUT2D eigenvalue weighted by Gasteiger charge is -2.14. The van der Waals surface area contributed by atoms with E-state index in [2.05, 4.69) is 10.5 Å². The van der Waals surface area contributed by atoms with Gasteiger partial charge in [0, 0.05) is 16.3 Å². The Morgan fingerprint density at radius 2 is 1.68 bits per heavy atom. The summed E-state index contributed by atoms with van der Waals surface area (Å²) in [4.78, 5) is 25.5. The van der Waals surface area contributed by atoms with Crippen LogP contribution < -0.4 is 10.9 Å². The number of hydrazone groups is 1. The molecule has 5 rings (SSSR count). The van der Waals surface area contributed by atoms with Crippen molar-refractivity contribution < 1.29 is 13.6 Å². The number of amides is 1. The number of pyridine rings is 1. The summed E-state index contributed by atoms with van der Waals surface area (Å²) in [6.45, 7) is -0.0316. The van der Waals surface area contributed by atoms with E-state index in [1.165, 1.54) is 18.3 Å². The second-order valence-corrected chi connectivity index (χ2v) is 7.98. The molecule has 0 bridgehead atoms. The molecule has 34 heavy (non-hydrogen) atoms. The Bertz CT molecular complexity index is 1580. The largest absolute Gasteiger partial charge is 0.455 e. The third-order valence-electron chi connectivity index (χ3n) is 5.39. The minimum Gasteiger partial charge on any atom is -0.455 e. The quantitative estimate of drug-likeness (QED) is 0.212. The number of hydrogen-bond acceptors (Lipinski definition) is 4. The molecule has 168 valence electrons. The van der Waals surface area contributed by atoms with E-state index in [1.54, 1.807) is 47.0 Å². The maximum absolute atomic E-state index is 13.4. The molecule has 0 radical (unpaired) electrons. The minimum absolute atomic E-state index is 0.000981. The Kier molecular flexibility index (Phi) is 5.69. The van der Waals surface area contributed by atoms with E-state index >= 15 is 0 Å². The van der Waals surface area contributed by atoms with Crippen molar-refractivity contribution in [3.8, 4) is 11.3 Å². The van der Waals surface area contributed by atoms with E-state index in [4.69, 9.17) is 16.0 Å². The average molecular weight is 474 g/mol. The van der Waals surface area contributed by atoms with Crippen molar-refractivity contribution in [1.29, 1.82) is 0 Å². The highest BCUT2D eigenvalue weighted by molar-refractivity contribution is 6.31. The topological polar surface area (TPSA) is 76.6 Å². The number of para-hydroxylation sites is 2. The maximum atomic E-state index is 13.4. The molecule has 1 N–H and O–H groups in total. The fraction of sp³-hybridized carbons (Fsp3) is 0.0385. The van der Waals surface area contributed by atoms with Crippen LogP contribution in [0.25, 0.3) is 33.1 Å². The van der Waals surface area contributed by atoms with Crippen LogP contribution in [-0.2, 0) is 11.3 Å². The molecule has 0 spiro atoms. The number of carbonyl (C=O) groups is 1. The van der Waals surface area contributed by atoms with Gasteiger partial charge in [0.05, 0.1) is 22.3 Å². The van der Waals surface area contributed by atoms with Gasteiger partial charge < -0.3 is 8.98 Å². The van der Waals surface area contributed by atoms with Crippen molar-refractivity contribution in [2.75, 3.05) is 0 Å². The van der Waals surface area contributed by atoms with Crippen LogP contribution in [0.5, 0.6) is 0 Å². The lowest BCUT2D eigenvalue weighted by molar-refractivity contribution is -0.121. The number of carbonyl (C=O) groups excluding carboxylic acids is 1. The van der Waals surface area contributed by atoms with Gasteiger partial charge in [0.1, 0.15) is 23.9 Å². The highest BCUT2D eigenvalue weighted by Crippen LogP contribution is 2.26. The fourth-order valence-corrected chi connectivity index (χ4v) is 4.00. The lowest BCUT2D eigenvalue weighted by Crippen LogP contribution is -2.25. The first kappa shape index (κ1) is 21.6. The van der Waals surface area contributed by atoms with Crippen molar-refractivity contribution in [2.45, 2.75) is 6.54 Å². The number of rotatable bonds is 5. The first-order valence-corrected chi connectivity index (χ1v) is 10.8. The van der Waals surface area contributed by atoms with E-state index in [9.17, 15) is 14.0 Å². The van der Waals surface area contributed by atoms with Gasteiger partial charge in [0.2, 0.25) is 0 Å². The maximum Gasteiger partial charge on any atom is 0.260 e. The molecule has 0 aliphatic rings. The van der Waals surface area contributed by atoms with Crippen molar-refractivity contribution in [3.63, 3.8) is 0 Å². The molecule has 3 aromatic carbocycles. The normalized spacial score (nSPS) is 11.5. The predicted molar refractivity (Wildman–Crippen MR) is 131 cm³/mol. The zero-order valence-electron chi connectivity index (χ0n) is 17.7. The number of halogens is 2. The second-order valence-electron chi connectivity index (χ2n) is 7.57. The van der Waals surface area contributed by atoms with Gasteiger partial charge in [-0.1, -0.05) is 35.9 Å². The molecule has 1 amide bonds. The van der Waals surface area contributed by atoms with Crippen LogP contribution in [0.1, 0.15) is 5.76 Å². The summed E-state index contributed by atoms with van der Waals surface area (Å²) >= 11 is 5.83. The van der Waals surface area contributed by atoms with Gasteiger partial charge >= 0.3 is 0 Å². The first-order valence-electron chi connectivity index (χ1n) is 10.4. The van der Waals surface area contributed by atoms with Gasteiger partial charge in [0.25, 0.3) is 5.91 Å². The summed E-state index contributed by atoms with van der Waals surface area (Å²) in [7, 11) is 0. The summed E-state index contributed by atoms with van der Waals surface area (Å²) < 4.78 is 20.8. The zero-order chi connectivity index (χ0) is 23.7. The molecule has 2 aromatic heterocycles. The van der Waals surface area contributed by atoms with E-state index < -0.39 is 5.82 Å². The summed E-state index contributed by atoms with van der Waals surface area (Å²) in [5, 5.41) is 5.06. The molecule has 0 aliphatic heterocycles. The minimum atomic E-state index is -0.509. The van der Waals surface area contributed by atoms with Crippen molar-refractivity contribution in [1.82, 2.24) is 9.99 Å². The number of aromatic nitrogens is 1. The van der Waals surface area contributed by atoms with Crippen molar-refractivity contribution >= 4 is 45.5 Å². The Morgan fingerprint density at radius 1 is 1.00 bits per heavy atom. The molecule has 5 aromatic rings. The number of nitrogens with zero attached hydrogens (tertiary/aromatic N) is 2. The van der Waals surface area contributed by atoms with Crippen LogP contribution in [0.4, 0.5) is 4.39 Å².